The van der Waals surface area contributed by atoms with Crippen LogP contribution in [0.15, 0.2) is 42.5 Å². The fourth-order valence-electron chi connectivity index (χ4n) is 2.14. The molecular weight excluding hydrogens is 282 g/mol. The van der Waals surface area contributed by atoms with E-state index in [9.17, 15) is 0 Å². The standard InChI is InChI=1S/C18H22ClNO/c1-18(2,3)15-8-9-17(16(19)10-15)21-12-14-7-5-4-6-13(14)11-20/h4-10H,11-12,20H2,1-3H3. The van der Waals surface area contributed by atoms with Gasteiger partial charge in [-0.1, -0.05) is 62.7 Å². The van der Waals surface area contributed by atoms with Gasteiger partial charge in [-0.15, -0.1) is 0 Å². The minimum atomic E-state index is 0.0777. The normalized spacial score (nSPS) is 11.5. The van der Waals surface area contributed by atoms with Crippen LogP contribution in [0, 0.1) is 0 Å². The number of rotatable bonds is 4. The molecule has 0 amide bonds. The van der Waals surface area contributed by atoms with E-state index in [0.717, 1.165) is 11.1 Å². The molecule has 0 aliphatic carbocycles. The molecule has 0 radical (unpaired) electrons. The van der Waals surface area contributed by atoms with Crippen LogP contribution in [0.25, 0.3) is 0 Å². The van der Waals surface area contributed by atoms with E-state index in [1.807, 2.05) is 36.4 Å². The molecule has 0 aliphatic heterocycles. The summed E-state index contributed by atoms with van der Waals surface area (Å²) in [7, 11) is 0. The van der Waals surface area contributed by atoms with Gasteiger partial charge in [0.1, 0.15) is 12.4 Å². The minimum Gasteiger partial charge on any atom is -0.487 e. The Labute approximate surface area is 131 Å². The molecule has 0 fully saturated rings. The Morgan fingerprint density at radius 1 is 1.05 bits per heavy atom. The number of ether oxygens (including phenoxy) is 1. The van der Waals surface area contributed by atoms with Gasteiger partial charge in [0.05, 0.1) is 5.02 Å². The van der Waals surface area contributed by atoms with Gasteiger partial charge in [-0.05, 0) is 34.2 Å². The van der Waals surface area contributed by atoms with Crippen LogP contribution >= 0.6 is 11.6 Å². The molecule has 0 heterocycles. The van der Waals surface area contributed by atoms with Crippen LogP contribution in [0.5, 0.6) is 5.75 Å². The topological polar surface area (TPSA) is 35.2 Å². The van der Waals surface area contributed by atoms with Crippen LogP contribution in [0.4, 0.5) is 0 Å². The lowest BCUT2D eigenvalue weighted by Crippen LogP contribution is -2.11. The first-order valence-electron chi connectivity index (χ1n) is 7.11. The molecular formula is C18H22ClNO. The van der Waals surface area contributed by atoms with Gasteiger partial charge >= 0.3 is 0 Å². The summed E-state index contributed by atoms with van der Waals surface area (Å²) in [6, 6.07) is 14.0. The van der Waals surface area contributed by atoms with Gasteiger partial charge in [0.2, 0.25) is 0 Å². The van der Waals surface area contributed by atoms with E-state index < -0.39 is 0 Å². The number of nitrogens with two attached hydrogens (primary N) is 1. The number of hydrogen-bond acceptors (Lipinski definition) is 2. The zero-order chi connectivity index (χ0) is 15.5. The Hall–Kier alpha value is -1.51. The molecule has 2 N–H and O–H groups in total. The van der Waals surface area contributed by atoms with Crippen molar-refractivity contribution in [3.8, 4) is 5.75 Å². The molecule has 21 heavy (non-hydrogen) atoms. The highest BCUT2D eigenvalue weighted by molar-refractivity contribution is 6.32. The maximum Gasteiger partial charge on any atom is 0.138 e. The highest BCUT2D eigenvalue weighted by Gasteiger charge is 2.15. The van der Waals surface area contributed by atoms with Gasteiger partial charge in [0, 0.05) is 6.54 Å². The van der Waals surface area contributed by atoms with Crippen molar-refractivity contribution < 1.29 is 4.74 Å². The zero-order valence-corrected chi connectivity index (χ0v) is 13.6. The van der Waals surface area contributed by atoms with E-state index in [4.69, 9.17) is 22.1 Å². The average molecular weight is 304 g/mol. The first-order chi connectivity index (χ1) is 9.91. The van der Waals surface area contributed by atoms with Gasteiger partial charge in [-0.25, -0.2) is 0 Å². The van der Waals surface area contributed by atoms with Crippen molar-refractivity contribution in [3.63, 3.8) is 0 Å². The Kier molecular flexibility index (Phi) is 4.92. The largest absolute Gasteiger partial charge is 0.487 e. The molecule has 0 bridgehead atoms. The lowest BCUT2D eigenvalue weighted by Gasteiger charge is -2.20. The summed E-state index contributed by atoms with van der Waals surface area (Å²) in [6.07, 6.45) is 0. The predicted molar refractivity (Wildman–Crippen MR) is 88.8 cm³/mol. The molecule has 0 spiro atoms. The molecule has 3 heteroatoms. The van der Waals surface area contributed by atoms with E-state index in [-0.39, 0.29) is 5.41 Å². The van der Waals surface area contributed by atoms with E-state index in [1.165, 1.54) is 5.56 Å². The maximum atomic E-state index is 6.33. The van der Waals surface area contributed by atoms with Crippen LogP contribution < -0.4 is 10.5 Å². The molecule has 2 aromatic rings. The van der Waals surface area contributed by atoms with Gasteiger partial charge in [-0.3, -0.25) is 0 Å². The van der Waals surface area contributed by atoms with E-state index in [0.29, 0.717) is 23.9 Å². The summed E-state index contributed by atoms with van der Waals surface area (Å²) in [4.78, 5) is 0. The average Bonchev–Trinajstić information content (AvgIpc) is 2.45. The van der Waals surface area contributed by atoms with Crippen LogP contribution in [-0.4, -0.2) is 0 Å². The van der Waals surface area contributed by atoms with Crippen molar-refractivity contribution in [3.05, 3.63) is 64.2 Å². The van der Waals surface area contributed by atoms with Crippen molar-refractivity contribution in [2.24, 2.45) is 5.73 Å². The van der Waals surface area contributed by atoms with Crippen LogP contribution in [0.3, 0.4) is 0 Å². The Bertz CT molecular complexity index is 617. The van der Waals surface area contributed by atoms with Gasteiger partial charge in [0.15, 0.2) is 0 Å². The zero-order valence-electron chi connectivity index (χ0n) is 12.8. The summed E-state index contributed by atoms with van der Waals surface area (Å²) in [5, 5.41) is 0.646. The third-order valence-corrected chi connectivity index (χ3v) is 3.81. The van der Waals surface area contributed by atoms with Crippen molar-refractivity contribution in [1.82, 2.24) is 0 Å². The molecule has 112 valence electrons. The third kappa shape index (κ3) is 3.99. The van der Waals surface area contributed by atoms with Crippen LogP contribution in [0.1, 0.15) is 37.5 Å². The van der Waals surface area contributed by atoms with Crippen LogP contribution in [-0.2, 0) is 18.6 Å². The molecule has 0 atom stereocenters. The summed E-state index contributed by atoms with van der Waals surface area (Å²) in [5.41, 5.74) is 9.20. The first kappa shape index (κ1) is 15.9. The number of halogens is 1. The van der Waals surface area contributed by atoms with E-state index >= 15 is 0 Å². The number of hydrogen-bond donors (Lipinski definition) is 1. The van der Waals surface area contributed by atoms with Gasteiger partial charge < -0.3 is 10.5 Å². The molecule has 2 nitrogen and oxygen atoms in total. The fourth-order valence-corrected chi connectivity index (χ4v) is 2.37. The van der Waals surface area contributed by atoms with E-state index in [1.54, 1.807) is 0 Å². The molecule has 2 aromatic carbocycles. The van der Waals surface area contributed by atoms with Crippen molar-refractivity contribution in [2.75, 3.05) is 0 Å². The highest BCUT2D eigenvalue weighted by atomic mass is 35.5. The minimum absolute atomic E-state index is 0.0777. The first-order valence-corrected chi connectivity index (χ1v) is 7.49. The summed E-state index contributed by atoms with van der Waals surface area (Å²) < 4.78 is 5.85. The molecule has 0 aliphatic rings. The lowest BCUT2D eigenvalue weighted by atomic mass is 9.87. The van der Waals surface area contributed by atoms with Crippen molar-refractivity contribution >= 4 is 11.6 Å². The van der Waals surface area contributed by atoms with Crippen molar-refractivity contribution in [1.29, 1.82) is 0 Å². The quantitative estimate of drug-likeness (QED) is 0.890. The third-order valence-electron chi connectivity index (χ3n) is 3.52. The second-order valence-corrected chi connectivity index (χ2v) is 6.56. The summed E-state index contributed by atoms with van der Waals surface area (Å²) in [5.74, 6) is 0.705. The monoisotopic (exact) mass is 303 g/mol. The molecule has 2 rings (SSSR count). The number of benzene rings is 2. The van der Waals surface area contributed by atoms with Crippen molar-refractivity contribution in [2.45, 2.75) is 39.3 Å². The predicted octanol–water partition coefficient (Wildman–Crippen LogP) is 4.68. The molecule has 0 saturated carbocycles. The Morgan fingerprint density at radius 3 is 2.29 bits per heavy atom. The fraction of sp³-hybridized carbons (Fsp3) is 0.333. The van der Waals surface area contributed by atoms with Gasteiger partial charge in [-0.2, -0.15) is 0 Å². The summed E-state index contributed by atoms with van der Waals surface area (Å²) >= 11 is 6.33. The molecule has 0 unspecified atom stereocenters. The Morgan fingerprint density at radius 2 is 1.71 bits per heavy atom. The maximum absolute atomic E-state index is 6.33. The van der Waals surface area contributed by atoms with E-state index in [2.05, 4.69) is 26.8 Å². The lowest BCUT2D eigenvalue weighted by molar-refractivity contribution is 0.305. The smallest absolute Gasteiger partial charge is 0.138 e. The second kappa shape index (κ2) is 6.50. The molecule has 0 aromatic heterocycles. The highest BCUT2D eigenvalue weighted by Crippen LogP contribution is 2.31. The SMILES string of the molecule is CC(C)(C)c1ccc(OCc2ccccc2CN)c(Cl)c1. The van der Waals surface area contributed by atoms with Crippen LogP contribution in [0.2, 0.25) is 5.02 Å². The Balaban J connectivity index is 2.14. The summed E-state index contributed by atoms with van der Waals surface area (Å²) in [6.45, 7) is 7.47. The second-order valence-electron chi connectivity index (χ2n) is 6.16. The van der Waals surface area contributed by atoms with Gasteiger partial charge in [0.25, 0.3) is 0 Å². The molecule has 0 saturated heterocycles.